The molecule has 2 aliphatic rings. The summed E-state index contributed by atoms with van der Waals surface area (Å²) in [5.74, 6) is -0.0402. The van der Waals surface area contributed by atoms with Crippen LogP contribution < -0.4 is 10.6 Å². The minimum atomic E-state index is -0.105. The van der Waals surface area contributed by atoms with E-state index in [0.717, 1.165) is 49.2 Å². The summed E-state index contributed by atoms with van der Waals surface area (Å²) in [4.78, 5) is 30.4. The van der Waals surface area contributed by atoms with Crippen LogP contribution in [0, 0.1) is 6.92 Å². The van der Waals surface area contributed by atoms with Crippen molar-refractivity contribution in [3.63, 3.8) is 0 Å². The maximum Gasteiger partial charge on any atom is 0.318 e. The van der Waals surface area contributed by atoms with Gasteiger partial charge in [0.1, 0.15) is 6.54 Å². The van der Waals surface area contributed by atoms with Crippen molar-refractivity contribution in [2.24, 2.45) is 0 Å². The number of carbonyl (C=O) groups excluding carboxylic acids is 2. The van der Waals surface area contributed by atoms with E-state index in [-0.39, 0.29) is 30.6 Å². The van der Waals surface area contributed by atoms with Crippen LogP contribution in [0.5, 0.6) is 0 Å². The Morgan fingerprint density at radius 2 is 2.30 bits per heavy atom. The van der Waals surface area contributed by atoms with Crippen molar-refractivity contribution in [2.45, 2.75) is 57.5 Å². The number of carbonyl (C=O) groups is 2. The number of fused-ring (bicyclic) bond motifs is 1. The first kappa shape index (κ1) is 16.2. The first-order valence-corrected chi connectivity index (χ1v) is 9.26. The minimum absolute atomic E-state index is 0.0402. The van der Waals surface area contributed by atoms with Gasteiger partial charge in [-0.1, -0.05) is 12.8 Å². The molecular formula is C16H24N4O2S. The van der Waals surface area contributed by atoms with E-state index in [1.54, 1.807) is 16.2 Å². The molecule has 2 heterocycles. The summed E-state index contributed by atoms with van der Waals surface area (Å²) < 4.78 is 0. The standard InChI is InChI=1S/C16H24N4O2S/c1-11-10-23-15(18-11)7-4-8-17-16(22)20-9-14(21)19-12-5-2-3-6-13(12)20/h10,12-13H,2-9H2,1H3,(H,17,22)(H,19,21)/t12-,13+/m1/s1. The Balaban J connectivity index is 1.47. The van der Waals surface area contributed by atoms with Gasteiger partial charge in [-0.3, -0.25) is 4.79 Å². The molecule has 1 saturated carbocycles. The molecule has 0 radical (unpaired) electrons. The number of aromatic nitrogens is 1. The zero-order valence-corrected chi connectivity index (χ0v) is 14.3. The predicted octanol–water partition coefficient (Wildman–Crippen LogP) is 1.84. The van der Waals surface area contributed by atoms with E-state index in [0.29, 0.717) is 6.54 Å². The van der Waals surface area contributed by atoms with Crippen LogP contribution in [0.3, 0.4) is 0 Å². The summed E-state index contributed by atoms with van der Waals surface area (Å²) >= 11 is 1.66. The number of nitrogens with zero attached hydrogens (tertiary/aromatic N) is 2. The van der Waals surface area contributed by atoms with Gasteiger partial charge < -0.3 is 15.5 Å². The van der Waals surface area contributed by atoms with Gasteiger partial charge in [-0.2, -0.15) is 0 Å². The number of piperazine rings is 1. The SMILES string of the molecule is Cc1csc(CCCNC(=O)N2CC(=O)N[C@@H]3CCCC[C@@H]32)n1. The molecular weight excluding hydrogens is 312 g/mol. The highest BCUT2D eigenvalue weighted by atomic mass is 32.1. The highest BCUT2D eigenvalue weighted by molar-refractivity contribution is 7.09. The maximum atomic E-state index is 12.4. The van der Waals surface area contributed by atoms with Crippen molar-refractivity contribution in [2.75, 3.05) is 13.1 Å². The van der Waals surface area contributed by atoms with Crippen LogP contribution in [0.2, 0.25) is 0 Å². The summed E-state index contributed by atoms with van der Waals surface area (Å²) in [6.07, 6.45) is 5.97. The Hall–Kier alpha value is -1.63. The average Bonchev–Trinajstić information content (AvgIpc) is 2.96. The van der Waals surface area contributed by atoms with E-state index < -0.39 is 0 Å². The van der Waals surface area contributed by atoms with Crippen LogP contribution in [0.1, 0.15) is 42.8 Å². The Morgan fingerprint density at radius 1 is 1.48 bits per heavy atom. The topological polar surface area (TPSA) is 74.3 Å². The van der Waals surface area contributed by atoms with Gasteiger partial charge in [0.05, 0.1) is 11.0 Å². The van der Waals surface area contributed by atoms with E-state index in [2.05, 4.69) is 15.6 Å². The lowest BCUT2D eigenvalue weighted by molar-refractivity contribution is -0.126. The minimum Gasteiger partial charge on any atom is -0.350 e. The van der Waals surface area contributed by atoms with Gasteiger partial charge in [0.25, 0.3) is 0 Å². The lowest BCUT2D eigenvalue weighted by Gasteiger charge is -2.43. The molecule has 0 unspecified atom stereocenters. The van der Waals surface area contributed by atoms with E-state index >= 15 is 0 Å². The van der Waals surface area contributed by atoms with Crippen molar-refractivity contribution < 1.29 is 9.59 Å². The van der Waals surface area contributed by atoms with Gasteiger partial charge in [0.2, 0.25) is 5.91 Å². The van der Waals surface area contributed by atoms with Crippen LogP contribution in [0.4, 0.5) is 4.79 Å². The van der Waals surface area contributed by atoms with Crippen molar-refractivity contribution in [1.82, 2.24) is 20.5 Å². The Kier molecular flexibility index (Phi) is 5.15. The Labute approximate surface area is 140 Å². The number of aryl methyl sites for hydroxylation is 2. The molecule has 3 amide bonds. The van der Waals surface area contributed by atoms with Crippen LogP contribution in [0.25, 0.3) is 0 Å². The molecule has 1 aromatic rings. The molecule has 23 heavy (non-hydrogen) atoms. The van der Waals surface area contributed by atoms with Gasteiger partial charge in [0.15, 0.2) is 0 Å². The van der Waals surface area contributed by atoms with Crippen LogP contribution in [-0.2, 0) is 11.2 Å². The second-order valence-electron chi connectivity index (χ2n) is 6.37. The number of hydrogen-bond donors (Lipinski definition) is 2. The fraction of sp³-hybridized carbons (Fsp3) is 0.688. The third-order valence-electron chi connectivity index (χ3n) is 4.56. The van der Waals surface area contributed by atoms with E-state index in [9.17, 15) is 9.59 Å². The first-order chi connectivity index (χ1) is 11.1. The normalized spacial score (nSPS) is 24.0. The molecule has 2 N–H and O–H groups in total. The molecule has 1 aliphatic carbocycles. The summed E-state index contributed by atoms with van der Waals surface area (Å²) in [5, 5.41) is 9.15. The molecule has 6 nitrogen and oxygen atoms in total. The zero-order chi connectivity index (χ0) is 16.2. The van der Waals surface area contributed by atoms with Crippen molar-refractivity contribution in [3.05, 3.63) is 16.1 Å². The maximum absolute atomic E-state index is 12.4. The van der Waals surface area contributed by atoms with Crippen molar-refractivity contribution in [3.8, 4) is 0 Å². The molecule has 3 rings (SSSR count). The van der Waals surface area contributed by atoms with Gasteiger partial charge in [0, 0.05) is 30.1 Å². The van der Waals surface area contributed by atoms with Crippen molar-refractivity contribution in [1.29, 1.82) is 0 Å². The fourth-order valence-corrected chi connectivity index (χ4v) is 4.27. The largest absolute Gasteiger partial charge is 0.350 e. The lowest BCUT2D eigenvalue weighted by atomic mass is 9.87. The van der Waals surface area contributed by atoms with Gasteiger partial charge in [-0.25, -0.2) is 9.78 Å². The molecule has 7 heteroatoms. The Bertz CT molecular complexity index is 574. The molecule has 2 atom stereocenters. The van der Waals surface area contributed by atoms with Crippen LogP contribution >= 0.6 is 11.3 Å². The number of amides is 3. The average molecular weight is 336 g/mol. The smallest absolute Gasteiger partial charge is 0.318 e. The van der Waals surface area contributed by atoms with Gasteiger partial charge in [-0.15, -0.1) is 11.3 Å². The molecule has 2 fully saturated rings. The molecule has 0 bridgehead atoms. The lowest BCUT2D eigenvalue weighted by Crippen LogP contribution is -2.64. The molecule has 126 valence electrons. The summed E-state index contributed by atoms with van der Waals surface area (Å²) in [5.41, 5.74) is 1.05. The first-order valence-electron chi connectivity index (χ1n) is 8.38. The quantitative estimate of drug-likeness (QED) is 0.824. The third kappa shape index (κ3) is 4.02. The van der Waals surface area contributed by atoms with Crippen molar-refractivity contribution >= 4 is 23.3 Å². The number of urea groups is 1. The predicted molar refractivity (Wildman–Crippen MR) is 89.5 cm³/mol. The van der Waals surface area contributed by atoms with E-state index in [1.807, 2.05) is 12.3 Å². The summed E-state index contributed by atoms with van der Waals surface area (Å²) in [6, 6.07) is 0.184. The molecule has 0 spiro atoms. The van der Waals surface area contributed by atoms with E-state index in [1.165, 1.54) is 0 Å². The van der Waals surface area contributed by atoms with E-state index in [4.69, 9.17) is 0 Å². The number of nitrogens with one attached hydrogen (secondary N) is 2. The second-order valence-corrected chi connectivity index (χ2v) is 7.31. The fourth-order valence-electron chi connectivity index (χ4n) is 3.45. The number of hydrogen-bond acceptors (Lipinski definition) is 4. The molecule has 1 aliphatic heterocycles. The van der Waals surface area contributed by atoms with Gasteiger partial charge in [-0.05, 0) is 26.2 Å². The highest BCUT2D eigenvalue weighted by Crippen LogP contribution is 2.25. The van der Waals surface area contributed by atoms with Crippen LogP contribution in [-0.4, -0.2) is 47.0 Å². The molecule has 1 saturated heterocycles. The monoisotopic (exact) mass is 336 g/mol. The Morgan fingerprint density at radius 3 is 3.09 bits per heavy atom. The third-order valence-corrected chi connectivity index (χ3v) is 5.59. The number of thiazole rings is 1. The summed E-state index contributed by atoms with van der Waals surface area (Å²) in [7, 11) is 0. The summed E-state index contributed by atoms with van der Waals surface area (Å²) in [6.45, 7) is 2.79. The molecule has 0 aromatic carbocycles. The second kappa shape index (κ2) is 7.29. The molecule has 1 aromatic heterocycles. The number of rotatable bonds is 4. The van der Waals surface area contributed by atoms with Crippen LogP contribution in [0.15, 0.2) is 5.38 Å². The zero-order valence-electron chi connectivity index (χ0n) is 13.5. The highest BCUT2D eigenvalue weighted by Gasteiger charge is 2.38. The van der Waals surface area contributed by atoms with Gasteiger partial charge >= 0.3 is 6.03 Å².